The number of anilines is 1. The van der Waals surface area contributed by atoms with Crippen LogP contribution in [0.15, 0.2) is 42.6 Å². The molecule has 1 saturated heterocycles. The van der Waals surface area contributed by atoms with E-state index in [2.05, 4.69) is 56.3 Å². The number of unbranched alkanes of at least 4 members (excludes halogenated alkanes) is 2. The van der Waals surface area contributed by atoms with Crippen LogP contribution in [0, 0.1) is 0 Å². The van der Waals surface area contributed by atoms with Gasteiger partial charge in [0, 0.05) is 45.5 Å². The van der Waals surface area contributed by atoms with Crippen molar-refractivity contribution in [3.8, 4) is 0 Å². The van der Waals surface area contributed by atoms with Crippen molar-refractivity contribution in [2.45, 2.75) is 32.7 Å². The predicted octanol–water partition coefficient (Wildman–Crippen LogP) is 2.72. The lowest BCUT2D eigenvalue weighted by atomic mass is 10.2. The largest absolute Gasteiger partial charge is 0.351 e. The van der Waals surface area contributed by atoms with Gasteiger partial charge in [0.15, 0.2) is 0 Å². The highest BCUT2D eigenvalue weighted by Gasteiger charge is 2.20. The zero-order valence-electron chi connectivity index (χ0n) is 16.1. The number of hydrogen-bond donors (Lipinski definition) is 1. The molecule has 1 aromatic carbocycles. The highest BCUT2D eigenvalue weighted by molar-refractivity contribution is 5.92. The summed E-state index contributed by atoms with van der Waals surface area (Å²) in [5.41, 5.74) is 1.78. The highest BCUT2D eigenvalue weighted by atomic mass is 16.1. The van der Waals surface area contributed by atoms with Crippen molar-refractivity contribution >= 4 is 11.9 Å². The zero-order valence-corrected chi connectivity index (χ0v) is 16.1. The molecule has 0 unspecified atom stereocenters. The molecule has 1 aromatic heterocycles. The van der Waals surface area contributed by atoms with Crippen LogP contribution in [-0.2, 0) is 6.54 Å². The number of carbonyl (C=O) groups is 1. The lowest BCUT2D eigenvalue weighted by Gasteiger charge is -2.34. The Balaban J connectivity index is 1.51. The van der Waals surface area contributed by atoms with E-state index < -0.39 is 0 Å². The fourth-order valence-electron chi connectivity index (χ4n) is 3.24. The van der Waals surface area contributed by atoms with Gasteiger partial charge in [-0.15, -0.1) is 0 Å². The summed E-state index contributed by atoms with van der Waals surface area (Å²) in [6.45, 7) is 7.48. The Hall–Kier alpha value is -2.47. The maximum absolute atomic E-state index is 12.3. The van der Waals surface area contributed by atoms with Gasteiger partial charge in [0.05, 0.1) is 0 Å². The Morgan fingerprint density at radius 3 is 2.59 bits per heavy atom. The monoisotopic (exact) mass is 367 g/mol. The average molecular weight is 367 g/mol. The molecule has 6 nitrogen and oxygen atoms in total. The first-order valence-corrected chi connectivity index (χ1v) is 9.88. The van der Waals surface area contributed by atoms with Gasteiger partial charge in [0.2, 0.25) is 5.95 Å². The third kappa shape index (κ3) is 5.76. The molecule has 0 radical (unpaired) electrons. The lowest BCUT2D eigenvalue weighted by Crippen LogP contribution is -2.46. The van der Waals surface area contributed by atoms with E-state index in [0.29, 0.717) is 18.2 Å². The zero-order chi connectivity index (χ0) is 18.9. The molecule has 1 N–H and O–H groups in total. The molecule has 0 atom stereocenters. The molecule has 0 spiro atoms. The number of carbonyl (C=O) groups excluding carboxylic acids is 1. The molecular weight excluding hydrogens is 338 g/mol. The van der Waals surface area contributed by atoms with E-state index in [4.69, 9.17) is 0 Å². The smallest absolute Gasteiger partial charge is 0.270 e. The average Bonchev–Trinajstić information content (AvgIpc) is 2.72. The van der Waals surface area contributed by atoms with Crippen molar-refractivity contribution in [2.24, 2.45) is 0 Å². The summed E-state index contributed by atoms with van der Waals surface area (Å²) < 4.78 is 0. The summed E-state index contributed by atoms with van der Waals surface area (Å²) >= 11 is 0. The molecule has 0 bridgehead atoms. The minimum absolute atomic E-state index is 0.113. The number of nitrogens with one attached hydrogen (secondary N) is 1. The fraction of sp³-hybridized carbons (Fsp3) is 0.476. The normalized spacial score (nSPS) is 14.9. The molecule has 6 heteroatoms. The van der Waals surface area contributed by atoms with Crippen LogP contribution in [-0.4, -0.2) is 53.5 Å². The molecule has 1 amide bonds. The van der Waals surface area contributed by atoms with Crippen LogP contribution in [0.3, 0.4) is 0 Å². The third-order valence-electron chi connectivity index (χ3n) is 4.85. The van der Waals surface area contributed by atoms with Gasteiger partial charge in [0.25, 0.3) is 5.91 Å². The molecule has 27 heavy (non-hydrogen) atoms. The van der Waals surface area contributed by atoms with Crippen LogP contribution in [0.5, 0.6) is 0 Å². The van der Waals surface area contributed by atoms with Gasteiger partial charge in [-0.05, 0) is 18.1 Å². The molecule has 2 heterocycles. The molecular formula is C21H29N5O. The number of hydrogen-bond acceptors (Lipinski definition) is 5. The summed E-state index contributed by atoms with van der Waals surface area (Å²) in [7, 11) is 0. The van der Waals surface area contributed by atoms with Crippen LogP contribution in [0.4, 0.5) is 5.95 Å². The van der Waals surface area contributed by atoms with Crippen LogP contribution in [0.1, 0.15) is 42.2 Å². The molecule has 1 aliphatic heterocycles. The molecule has 144 valence electrons. The standard InChI is InChI=1S/C21H29N5O/c1-2-3-7-11-22-20(27)19-10-12-23-21(24-19)26-15-13-25(14-16-26)17-18-8-5-4-6-9-18/h4-6,8-10,12H,2-3,7,11,13-17H2,1H3,(H,22,27). The second kappa shape index (κ2) is 10.0. The number of piperazine rings is 1. The molecule has 1 aliphatic rings. The number of rotatable bonds is 8. The quantitative estimate of drug-likeness (QED) is 0.727. The van der Waals surface area contributed by atoms with Crippen molar-refractivity contribution in [1.29, 1.82) is 0 Å². The number of benzene rings is 1. The van der Waals surface area contributed by atoms with E-state index in [-0.39, 0.29) is 5.91 Å². The van der Waals surface area contributed by atoms with Crippen molar-refractivity contribution in [3.05, 3.63) is 53.9 Å². The van der Waals surface area contributed by atoms with Gasteiger partial charge in [-0.25, -0.2) is 9.97 Å². The van der Waals surface area contributed by atoms with E-state index in [1.54, 1.807) is 12.3 Å². The van der Waals surface area contributed by atoms with E-state index in [0.717, 1.165) is 52.0 Å². The Morgan fingerprint density at radius 2 is 1.85 bits per heavy atom. The van der Waals surface area contributed by atoms with Crippen LogP contribution >= 0.6 is 0 Å². The molecule has 3 rings (SSSR count). The minimum atomic E-state index is -0.113. The summed E-state index contributed by atoms with van der Waals surface area (Å²) in [5, 5.41) is 2.94. The van der Waals surface area contributed by atoms with Crippen molar-refractivity contribution in [2.75, 3.05) is 37.6 Å². The molecule has 0 saturated carbocycles. The van der Waals surface area contributed by atoms with E-state index in [9.17, 15) is 4.79 Å². The Bertz CT molecular complexity index is 714. The van der Waals surface area contributed by atoms with Crippen LogP contribution in [0.2, 0.25) is 0 Å². The van der Waals surface area contributed by atoms with Crippen molar-refractivity contribution in [3.63, 3.8) is 0 Å². The minimum Gasteiger partial charge on any atom is -0.351 e. The van der Waals surface area contributed by atoms with Gasteiger partial charge in [-0.2, -0.15) is 0 Å². The molecule has 1 fully saturated rings. The number of aromatic nitrogens is 2. The summed E-state index contributed by atoms with van der Waals surface area (Å²) in [5.74, 6) is 0.535. The van der Waals surface area contributed by atoms with E-state index in [1.807, 2.05) is 6.07 Å². The number of nitrogens with zero attached hydrogens (tertiary/aromatic N) is 4. The van der Waals surface area contributed by atoms with Crippen LogP contribution in [0.25, 0.3) is 0 Å². The summed E-state index contributed by atoms with van der Waals surface area (Å²) in [6, 6.07) is 12.2. The molecule has 0 aliphatic carbocycles. The van der Waals surface area contributed by atoms with E-state index in [1.165, 1.54) is 5.56 Å². The van der Waals surface area contributed by atoms with Crippen molar-refractivity contribution in [1.82, 2.24) is 20.2 Å². The first-order valence-electron chi connectivity index (χ1n) is 9.88. The van der Waals surface area contributed by atoms with Gasteiger partial charge in [0.1, 0.15) is 5.69 Å². The van der Waals surface area contributed by atoms with E-state index >= 15 is 0 Å². The summed E-state index contributed by atoms with van der Waals surface area (Å²) in [6.07, 6.45) is 4.95. The van der Waals surface area contributed by atoms with Gasteiger partial charge in [-0.1, -0.05) is 50.1 Å². The predicted molar refractivity (Wildman–Crippen MR) is 108 cm³/mol. The fourth-order valence-corrected chi connectivity index (χ4v) is 3.24. The Kier molecular flexibility index (Phi) is 7.16. The van der Waals surface area contributed by atoms with Gasteiger partial charge >= 0.3 is 0 Å². The third-order valence-corrected chi connectivity index (χ3v) is 4.85. The highest BCUT2D eigenvalue weighted by Crippen LogP contribution is 2.13. The van der Waals surface area contributed by atoms with Crippen molar-refractivity contribution < 1.29 is 4.79 Å². The first kappa shape index (κ1) is 19.3. The van der Waals surface area contributed by atoms with Crippen LogP contribution < -0.4 is 10.2 Å². The second-order valence-electron chi connectivity index (χ2n) is 6.95. The SMILES string of the molecule is CCCCCNC(=O)c1ccnc(N2CCN(Cc3ccccc3)CC2)n1. The molecule has 2 aromatic rings. The Morgan fingerprint density at radius 1 is 1.07 bits per heavy atom. The maximum atomic E-state index is 12.3. The number of amides is 1. The topological polar surface area (TPSA) is 61.4 Å². The maximum Gasteiger partial charge on any atom is 0.270 e. The summed E-state index contributed by atoms with van der Waals surface area (Å²) in [4.78, 5) is 25.7. The van der Waals surface area contributed by atoms with Gasteiger partial charge in [-0.3, -0.25) is 9.69 Å². The second-order valence-corrected chi connectivity index (χ2v) is 6.95. The Labute approximate surface area is 161 Å². The lowest BCUT2D eigenvalue weighted by molar-refractivity contribution is 0.0948. The first-order chi connectivity index (χ1) is 13.3. The van der Waals surface area contributed by atoms with Gasteiger partial charge < -0.3 is 10.2 Å².